The number of nitrogens with one attached hydrogen (secondary N) is 1. The zero-order valence-corrected chi connectivity index (χ0v) is 15.1. The second-order valence-corrected chi connectivity index (χ2v) is 7.07. The fraction of sp³-hybridized carbons (Fsp3) is 0.471. The Morgan fingerprint density at radius 3 is 2.68 bits per heavy atom. The first-order valence-corrected chi connectivity index (χ1v) is 8.05. The summed E-state index contributed by atoms with van der Waals surface area (Å²) in [5.74, 6) is -0.238. The van der Waals surface area contributed by atoms with Gasteiger partial charge in [0, 0.05) is 19.1 Å². The molecule has 0 aliphatic carbocycles. The zero-order chi connectivity index (χ0) is 17.5. The Hall–Kier alpha value is -2.12. The van der Waals surface area contributed by atoms with Crippen molar-refractivity contribution in [1.82, 2.24) is 14.5 Å². The smallest absolute Gasteiger partial charge is 0.329 e. The van der Waals surface area contributed by atoms with Gasteiger partial charge in [-0.1, -0.05) is 26.0 Å². The summed E-state index contributed by atoms with van der Waals surface area (Å²) in [6, 6.07) is 6.80. The van der Waals surface area contributed by atoms with Gasteiger partial charge in [0.05, 0.1) is 10.9 Å². The molecule has 1 saturated heterocycles. The van der Waals surface area contributed by atoms with Crippen LogP contribution in [0.3, 0.4) is 0 Å². The highest BCUT2D eigenvalue weighted by Crippen LogP contribution is 2.27. The van der Waals surface area contributed by atoms with E-state index in [2.05, 4.69) is 4.98 Å². The van der Waals surface area contributed by atoms with Crippen LogP contribution in [0.1, 0.15) is 20.3 Å². The average Bonchev–Trinajstić information content (AvgIpc) is 2.53. The maximum atomic E-state index is 12.6. The molecule has 1 aromatic carbocycles. The number of halogens is 1. The lowest BCUT2D eigenvalue weighted by molar-refractivity contribution is -0.135. The minimum absolute atomic E-state index is 0. The van der Waals surface area contributed by atoms with E-state index in [1.165, 1.54) is 0 Å². The summed E-state index contributed by atoms with van der Waals surface area (Å²) in [4.78, 5) is 41.6. The Labute approximate surface area is 151 Å². The number of likely N-dealkylation sites (tertiary alicyclic amines) is 1. The fourth-order valence-electron chi connectivity index (χ4n) is 3.16. The van der Waals surface area contributed by atoms with Crippen LogP contribution in [0.4, 0.5) is 0 Å². The molecular weight excluding hydrogens is 344 g/mol. The molecule has 1 aliphatic heterocycles. The molecule has 2 heterocycles. The first kappa shape index (κ1) is 19.2. The van der Waals surface area contributed by atoms with Crippen LogP contribution in [-0.4, -0.2) is 39.5 Å². The van der Waals surface area contributed by atoms with E-state index in [9.17, 15) is 14.4 Å². The molecule has 1 atom stereocenters. The monoisotopic (exact) mass is 366 g/mol. The van der Waals surface area contributed by atoms with Crippen molar-refractivity contribution in [3.63, 3.8) is 0 Å². The molecule has 0 radical (unpaired) electrons. The molecule has 7 nitrogen and oxygen atoms in total. The number of benzene rings is 1. The molecule has 3 rings (SSSR count). The Morgan fingerprint density at radius 2 is 2.00 bits per heavy atom. The number of aromatic nitrogens is 2. The van der Waals surface area contributed by atoms with Gasteiger partial charge in [0.2, 0.25) is 5.91 Å². The van der Waals surface area contributed by atoms with Crippen LogP contribution >= 0.6 is 12.4 Å². The molecule has 1 unspecified atom stereocenters. The van der Waals surface area contributed by atoms with Gasteiger partial charge in [-0.05, 0) is 24.0 Å². The van der Waals surface area contributed by atoms with E-state index in [-0.39, 0.29) is 36.3 Å². The lowest BCUT2D eigenvalue weighted by Crippen LogP contribution is -2.55. The first-order chi connectivity index (χ1) is 11.3. The predicted molar refractivity (Wildman–Crippen MR) is 99.0 cm³/mol. The topological polar surface area (TPSA) is 101 Å². The number of nitrogens with zero attached hydrogens (tertiary/aromatic N) is 2. The van der Waals surface area contributed by atoms with Crippen molar-refractivity contribution in [2.45, 2.75) is 32.9 Å². The van der Waals surface area contributed by atoms with Gasteiger partial charge in [0.1, 0.15) is 6.54 Å². The molecule has 3 N–H and O–H groups in total. The van der Waals surface area contributed by atoms with Gasteiger partial charge in [-0.15, -0.1) is 12.4 Å². The van der Waals surface area contributed by atoms with Crippen molar-refractivity contribution in [1.29, 1.82) is 0 Å². The van der Waals surface area contributed by atoms with E-state index in [0.29, 0.717) is 30.4 Å². The van der Waals surface area contributed by atoms with Crippen LogP contribution < -0.4 is 17.0 Å². The molecule has 0 saturated carbocycles. The van der Waals surface area contributed by atoms with Gasteiger partial charge in [-0.3, -0.25) is 14.2 Å². The van der Waals surface area contributed by atoms with Crippen LogP contribution in [0.15, 0.2) is 33.9 Å². The molecule has 2 aromatic rings. The number of carbonyl (C=O) groups excluding carboxylic acids is 1. The summed E-state index contributed by atoms with van der Waals surface area (Å²) in [5, 5.41) is 0.394. The minimum Gasteiger partial charge on any atom is -0.340 e. The number of fused-ring (bicyclic) bond motifs is 1. The van der Waals surface area contributed by atoms with Crippen LogP contribution in [0, 0.1) is 5.41 Å². The third-order valence-corrected chi connectivity index (χ3v) is 4.85. The molecule has 0 spiro atoms. The summed E-state index contributed by atoms with van der Waals surface area (Å²) >= 11 is 0. The molecule has 1 aromatic heterocycles. The standard InChI is InChI=1S/C17H22N4O3.ClH/c1-17(2)10-20(8-7-13(17)18)14(22)9-21-15(23)11-5-3-4-6-12(11)19-16(21)24;/h3-6,13H,7-10,18H2,1-2H3,(H,19,24);1H. The van der Waals surface area contributed by atoms with E-state index in [1.807, 2.05) is 13.8 Å². The van der Waals surface area contributed by atoms with E-state index in [4.69, 9.17) is 5.73 Å². The quantitative estimate of drug-likeness (QED) is 0.816. The molecule has 25 heavy (non-hydrogen) atoms. The molecule has 136 valence electrons. The second kappa shape index (κ2) is 7.01. The summed E-state index contributed by atoms with van der Waals surface area (Å²) < 4.78 is 0.964. The van der Waals surface area contributed by atoms with Gasteiger partial charge < -0.3 is 15.6 Å². The Kier molecular flexibility index (Phi) is 5.39. The first-order valence-electron chi connectivity index (χ1n) is 8.05. The maximum absolute atomic E-state index is 12.6. The van der Waals surface area contributed by atoms with Crippen molar-refractivity contribution in [2.24, 2.45) is 11.1 Å². The van der Waals surface area contributed by atoms with Crippen LogP contribution in [0.2, 0.25) is 0 Å². The molecule has 0 bridgehead atoms. The normalized spacial score (nSPS) is 19.5. The highest BCUT2D eigenvalue weighted by molar-refractivity contribution is 5.85. The van der Waals surface area contributed by atoms with Gasteiger partial charge in [0.25, 0.3) is 5.56 Å². The third-order valence-electron chi connectivity index (χ3n) is 4.85. The number of hydrogen-bond acceptors (Lipinski definition) is 4. The number of hydrogen-bond donors (Lipinski definition) is 2. The Morgan fingerprint density at radius 1 is 1.32 bits per heavy atom. The molecule has 1 amide bonds. The van der Waals surface area contributed by atoms with Crippen LogP contribution in [0.5, 0.6) is 0 Å². The van der Waals surface area contributed by atoms with Crippen LogP contribution in [0.25, 0.3) is 10.9 Å². The van der Waals surface area contributed by atoms with Crippen molar-refractivity contribution in [2.75, 3.05) is 13.1 Å². The number of nitrogens with two attached hydrogens (primary N) is 1. The van der Waals surface area contributed by atoms with Crippen molar-refractivity contribution in [3.05, 3.63) is 45.1 Å². The van der Waals surface area contributed by atoms with Crippen LogP contribution in [-0.2, 0) is 11.3 Å². The van der Waals surface area contributed by atoms with E-state index >= 15 is 0 Å². The lowest BCUT2D eigenvalue weighted by atomic mass is 9.79. The maximum Gasteiger partial charge on any atom is 0.329 e. The number of piperidine rings is 1. The lowest BCUT2D eigenvalue weighted by Gasteiger charge is -2.42. The SMILES string of the molecule is CC1(C)CN(C(=O)Cn2c(=O)[nH]c3ccccc3c2=O)CCC1N.Cl. The van der Waals surface area contributed by atoms with Crippen molar-refractivity contribution < 1.29 is 4.79 Å². The number of carbonyl (C=O) groups is 1. The summed E-state index contributed by atoms with van der Waals surface area (Å²) in [6.45, 7) is 4.85. The van der Waals surface area contributed by atoms with Crippen molar-refractivity contribution >= 4 is 29.2 Å². The van der Waals surface area contributed by atoms with Gasteiger partial charge in [-0.25, -0.2) is 4.79 Å². The minimum atomic E-state index is -0.569. The number of aromatic amines is 1. The highest BCUT2D eigenvalue weighted by Gasteiger charge is 2.35. The zero-order valence-electron chi connectivity index (χ0n) is 14.3. The molecule has 8 heteroatoms. The molecule has 1 aliphatic rings. The van der Waals surface area contributed by atoms with E-state index < -0.39 is 11.2 Å². The van der Waals surface area contributed by atoms with Gasteiger partial charge in [-0.2, -0.15) is 0 Å². The number of amides is 1. The summed E-state index contributed by atoms with van der Waals surface area (Å²) in [5.41, 5.74) is 5.36. The number of rotatable bonds is 2. The number of para-hydroxylation sites is 1. The molecule has 1 fully saturated rings. The molecular formula is C17H23ClN4O3. The Bertz CT molecular complexity index is 903. The Balaban J connectivity index is 0.00000225. The van der Waals surface area contributed by atoms with Gasteiger partial charge in [0.15, 0.2) is 0 Å². The fourth-order valence-corrected chi connectivity index (χ4v) is 3.16. The number of H-pyrrole nitrogens is 1. The summed E-state index contributed by atoms with van der Waals surface area (Å²) in [6.07, 6.45) is 0.710. The average molecular weight is 367 g/mol. The van der Waals surface area contributed by atoms with Crippen molar-refractivity contribution in [3.8, 4) is 0 Å². The highest BCUT2D eigenvalue weighted by atomic mass is 35.5. The second-order valence-electron chi connectivity index (χ2n) is 7.07. The summed E-state index contributed by atoms with van der Waals surface area (Å²) in [7, 11) is 0. The van der Waals surface area contributed by atoms with E-state index in [0.717, 1.165) is 4.57 Å². The predicted octanol–water partition coefficient (Wildman–Crippen LogP) is 0.697. The largest absolute Gasteiger partial charge is 0.340 e. The van der Waals surface area contributed by atoms with E-state index in [1.54, 1.807) is 29.2 Å². The van der Waals surface area contributed by atoms with Gasteiger partial charge >= 0.3 is 5.69 Å². The third kappa shape index (κ3) is 3.62.